The molecule has 0 aromatic heterocycles. The first-order valence-electron chi connectivity index (χ1n) is 7.43. The van der Waals surface area contributed by atoms with E-state index in [1.54, 1.807) is 18.2 Å². The maximum atomic E-state index is 12.7. The molecular formula is C19H13Cl2NO. The number of anilines is 1. The van der Waals surface area contributed by atoms with Gasteiger partial charge in [0.1, 0.15) is 0 Å². The number of halogens is 2. The molecule has 3 aromatic rings. The average Bonchev–Trinajstić information content (AvgIpc) is 2.96. The topological polar surface area (TPSA) is 29.1 Å². The first kappa shape index (κ1) is 14.6. The predicted octanol–water partition coefficient (Wildman–Crippen LogP) is 5.50. The second-order valence-corrected chi connectivity index (χ2v) is 6.53. The lowest BCUT2D eigenvalue weighted by Gasteiger charge is -2.11. The predicted molar refractivity (Wildman–Crippen MR) is 95.8 cm³/mol. The van der Waals surface area contributed by atoms with Gasteiger partial charge in [-0.3, -0.25) is 4.79 Å². The number of rotatable bonds is 2. The van der Waals surface area contributed by atoms with Gasteiger partial charge in [0.2, 0.25) is 0 Å². The van der Waals surface area contributed by atoms with Gasteiger partial charge in [-0.25, -0.2) is 0 Å². The Morgan fingerprint density at radius 3 is 2.57 bits per heavy atom. The van der Waals surface area contributed by atoms with Gasteiger partial charge in [-0.05, 0) is 59.0 Å². The molecular weight excluding hydrogens is 329 g/mol. The summed E-state index contributed by atoms with van der Waals surface area (Å²) in [4.78, 5) is 12.7. The number of hydrogen-bond donors (Lipinski definition) is 1. The zero-order valence-electron chi connectivity index (χ0n) is 12.2. The van der Waals surface area contributed by atoms with Crippen LogP contribution in [0.5, 0.6) is 0 Å². The molecule has 3 aromatic carbocycles. The summed E-state index contributed by atoms with van der Waals surface area (Å²) in [5.41, 5.74) is 3.80. The van der Waals surface area contributed by atoms with Gasteiger partial charge in [0.15, 0.2) is 0 Å². The molecule has 1 N–H and O–H groups in total. The molecule has 0 spiro atoms. The van der Waals surface area contributed by atoms with Gasteiger partial charge in [0.25, 0.3) is 5.91 Å². The molecule has 0 radical (unpaired) electrons. The summed E-state index contributed by atoms with van der Waals surface area (Å²) in [6.45, 7) is 0. The molecule has 114 valence electrons. The second-order valence-electron chi connectivity index (χ2n) is 5.69. The van der Waals surface area contributed by atoms with E-state index in [9.17, 15) is 4.79 Å². The minimum Gasteiger partial charge on any atom is -0.321 e. The summed E-state index contributed by atoms with van der Waals surface area (Å²) < 4.78 is 0. The second kappa shape index (κ2) is 5.55. The molecule has 0 aliphatic heterocycles. The lowest BCUT2D eigenvalue weighted by Crippen LogP contribution is -2.13. The molecule has 0 bridgehead atoms. The molecule has 1 aliphatic rings. The van der Waals surface area contributed by atoms with Crippen molar-refractivity contribution >= 4 is 45.6 Å². The summed E-state index contributed by atoms with van der Waals surface area (Å²) in [7, 11) is 0. The molecule has 1 aliphatic carbocycles. The number of nitrogens with one attached hydrogen (secondary N) is 1. The van der Waals surface area contributed by atoms with Crippen LogP contribution in [0, 0.1) is 0 Å². The van der Waals surface area contributed by atoms with Crippen LogP contribution < -0.4 is 5.32 Å². The van der Waals surface area contributed by atoms with Crippen LogP contribution in [0.3, 0.4) is 0 Å². The molecule has 0 heterocycles. The number of hydrogen-bond acceptors (Lipinski definition) is 1. The summed E-state index contributed by atoms with van der Waals surface area (Å²) in [5, 5.41) is 6.08. The van der Waals surface area contributed by atoms with Crippen molar-refractivity contribution in [3.05, 3.63) is 75.3 Å². The van der Waals surface area contributed by atoms with Gasteiger partial charge < -0.3 is 5.32 Å². The van der Waals surface area contributed by atoms with Crippen molar-refractivity contribution in [2.75, 3.05) is 5.32 Å². The third kappa shape index (κ3) is 2.48. The van der Waals surface area contributed by atoms with Crippen molar-refractivity contribution in [1.82, 2.24) is 0 Å². The maximum Gasteiger partial charge on any atom is 0.256 e. The van der Waals surface area contributed by atoms with Crippen molar-refractivity contribution in [2.24, 2.45) is 0 Å². The molecule has 0 atom stereocenters. The van der Waals surface area contributed by atoms with Crippen LogP contribution in [0.4, 0.5) is 5.69 Å². The first-order valence-corrected chi connectivity index (χ1v) is 8.19. The van der Waals surface area contributed by atoms with Crippen LogP contribution in [0.15, 0.2) is 48.5 Å². The van der Waals surface area contributed by atoms with Crippen LogP contribution >= 0.6 is 23.2 Å². The minimum absolute atomic E-state index is 0.176. The van der Waals surface area contributed by atoms with Gasteiger partial charge in [0.05, 0.1) is 10.7 Å². The maximum absolute atomic E-state index is 12.7. The normalized spacial score (nSPS) is 12.6. The Kier molecular flexibility index (Phi) is 3.51. The third-order valence-corrected chi connectivity index (χ3v) is 4.86. The molecule has 23 heavy (non-hydrogen) atoms. The van der Waals surface area contributed by atoms with Crippen LogP contribution in [0.25, 0.3) is 10.8 Å². The standard InChI is InChI=1S/C19H13Cl2NO/c20-13-7-9-16(21)17(10-13)22-19(23)15-8-6-12-5-4-11-2-1-3-14(15)18(11)12/h1-3,6-10H,4-5H2,(H,22,23). The minimum atomic E-state index is -0.176. The molecule has 4 rings (SSSR count). The van der Waals surface area contributed by atoms with E-state index in [-0.39, 0.29) is 5.91 Å². The van der Waals surface area contributed by atoms with Crippen molar-refractivity contribution in [3.8, 4) is 0 Å². The Labute approximate surface area is 144 Å². The van der Waals surface area contributed by atoms with Crippen molar-refractivity contribution in [1.29, 1.82) is 0 Å². The smallest absolute Gasteiger partial charge is 0.256 e. The van der Waals surface area contributed by atoms with Crippen molar-refractivity contribution < 1.29 is 4.79 Å². The Morgan fingerprint density at radius 1 is 0.957 bits per heavy atom. The fourth-order valence-corrected chi connectivity index (χ4v) is 3.56. The lowest BCUT2D eigenvalue weighted by atomic mass is 9.99. The van der Waals surface area contributed by atoms with E-state index >= 15 is 0 Å². The number of carbonyl (C=O) groups is 1. The van der Waals surface area contributed by atoms with E-state index in [4.69, 9.17) is 23.2 Å². The molecule has 0 saturated carbocycles. The number of amides is 1. The van der Waals surface area contributed by atoms with Gasteiger partial charge in [0, 0.05) is 10.6 Å². The fourth-order valence-electron chi connectivity index (χ4n) is 3.23. The van der Waals surface area contributed by atoms with E-state index in [1.807, 2.05) is 24.3 Å². The monoisotopic (exact) mass is 341 g/mol. The molecule has 2 nitrogen and oxygen atoms in total. The summed E-state index contributed by atoms with van der Waals surface area (Å²) in [6, 6.07) is 15.1. The Bertz CT molecular complexity index is 939. The fraction of sp³-hybridized carbons (Fsp3) is 0.105. The Balaban J connectivity index is 1.78. The summed E-state index contributed by atoms with van der Waals surface area (Å²) in [6.07, 6.45) is 2.08. The third-order valence-electron chi connectivity index (χ3n) is 4.30. The lowest BCUT2D eigenvalue weighted by molar-refractivity contribution is 0.102. The average molecular weight is 342 g/mol. The number of carbonyl (C=O) groups excluding carboxylic acids is 1. The highest BCUT2D eigenvalue weighted by molar-refractivity contribution is 6.36. The molecule has 1 amide bonds. The van der Waals surface area contributed by atoms with E-state index in [0.717, 1.165) is 18.2 Å². The Hall–Kier alpha value is -2.03. The Morgan fingerprint density at radius 2 is 1.74 bits per heavy atom. The van der Waals surface area contributed by atoms with Crippen LogP contribution in [-0.2, 0) is 12.8 Å². The molecule has 4 heteroatoms. The quantitative estimate of drug-likeness (QED) is 0.655. The highest BCUT2D eigenvalue weighted by Gasteiger charge is 2.19. The van der Waals surface area contributed by atoms with Gasteiger partial charge in [-0.1, -0.05) is 47.5 Å². The molecule has 0 saturated heterocycles. The van der Waals surface area contributed by atoms with E-state index in [2.05, 4.69) is 11.4 Å². The number of benzene rings is 3. The SMILES string of the molecule is O=C(Nc1cc(Cl)ccc1Cl)c1ccc2c3c(cccc13)CC2. The summed E-state index contributed by atoms with van der Waals surface area (Å²) >= 11 is 12.1. The highest BCUT2D eigenvalue weighted by Crippen LogP contribution is 2.33. The van der Waals surface area contributed by atoms with Crippen LogP contribution in [0.2, 0.25) is 10.0 Å². The van der Waals surface area contributed by atoms with Gasteiger partial charge in [-0.15, -0.1) is 0 Å². The largest absolute Gasteiger partial charge is 0.321 e. The van der Waals surface area contributed by atoms with E-state index in [0.29, 0.717) is 21.3 Å². The van der Waals surface area contributed by atoms with Crippen LogP contribution in [0.1, 0.15) is 21.5 Å². The first-order chi connectivity index (χ1) is 11.1. The van der Waals surface area contributed by atoms with Crippen molar-refractivity contribution in [3.63, 3.8) is 0 Å². The van der Waals surface area contributed by atoms with E-state index < -0.39 is 0 Å². The van der Waals surface area contributed by atoms with Crippen molar-refractivity contribution in [2.45, 2.75) is 12.8 Å². The zero-order chi connectivity index (χ0) is 16.0. The molecule has 0 fully saturated rings. The van der Waals surface area contributed by atoms with E-state index in [1.165, 1.54) is 16.5 Å². The zero-order valence-corrected chi connectivity index (χ0v) is 13.7. The summed E-state index contributed by atoms with van der Waals surface area (Å²) in [5.74, 6) is -0.176. The van der Waals surface area contributed by atoms with Gasteiger partial charge >= 0.3 is 0 Å². The van der Waals surface area contributed by atoms with Gasteiger partial charge in [-0.2, -0.15) is 0 Å². The highest BCUT2D eigenvalue weighted by atomic mass is 35.5. The van der Waals surface area contributed by atoms with Crippen LogP contribution in [-0.4, -0.2) is 5.91 Å². The number of aryl methyl sites for hydroxylation is 2. The molecule has 0 unspecified atom stereocenters.